The van der Waals surface area contributed by atoms with Crippen molar-refractivity contribution >= 4 is 16.1 Å². The number of ether oxygens (including phenoxy) is 2. The number of nitrogens with zero attached hydrogens (tertiary/aromatic N) is 3. The average molecular weight is 541 g/mol. The first-order valence-corrected chi connectivity index (χ1v) is 15.4. The number of carbonyl (C=O) groups is 1. The van der Waals surface area contributed by atoms with Gasteiger partial charge in [-0.15, -0.1) is 0 Å². The Bertz CT molecular complexity index is 1290. The minimum Gasteiger partial charge on any atom is -0.467 e. The normalized spacial score (nSPS) is 28.3. The molecule has 1 N–H and O–H groups in total. The predicted molar refractivity (Wildman–Crippen MR) is 142 cm³/mol. The third-order valence-corrected chi connectivity index (χ3v) is 9.77. The van der Waals surface area contributed by atoms with Crippen molar-refractivity contribution in [1.82, 2.24) is 19.4 Å². The molecular weight excluding hydrogens is 504 g/mol. The van der Waals surface area contributed by atoms with Crippen LogP contribution in [-0.2, 0) is 26.1 Å². The molecule has 3 fully saturated rings. The van der Waals surface area contributed by atoms with E-state index in [1.807, 2.05) is 30.3 Å². The molecule has 1 aromatic carbocycles. The van der Waals surface area contributed by atoms with Crippen molar-refractivity contribution in [2.24, 2.45) is 5.41 Å². The van der Waals surface area contributed by atoms with Crippen molar-refractivity contribution in [3.63, 3.8) is 0 Å². The van der Waals surface area contributed by atoms with Gasteiger partial charge in [0.2, 0.25) is 15.7 Å². The fourth-order valence-corrected chi connectivity index (χ4v) is 7.35. The van der Waals surface area contributed by atoms with Crippen LogP contribution < -0.4 is 5.32 Å². The highest BCUT2D eigenvalue weighted by Crippen LogP contribution is 2.62. The first-order valence-electron chi connectivity index (χ1n) is 13.5. The van der Waals surface area contributed by atoms with E-state index >= 15 is 0 Å². The van der Waals surface area contributed by atoms with Gasteiger partial charge in [0.25, 0.3) is 0 Å². The highest BCUT2D eigenvalue weighted by Gasteiger charge is 2.63. The summed E-state index contributed by atoms with van der Waals surface area (Å²) in [6.07, 6.45) is 14.7. The fraction of sp³-hybridized carbons (Fsp3) is 0.536. The number of urea groups is 1. The molecule has 10 heteroatoms. The van der Waals surface area contributed by atoms with Gasteiger partial charge in [0.05, 0.1) is 30.5 Å². The smallest absolute Gasteiger partial charge is 0.320 e. The summed E-state index contributed by atoms with van der Waals surface area (Å²) in [5.41, 5.74) is 2.53. The lowest BCUT2D eigenvalue weighted by Crippen LogP contribution is -2.51. The van der Waals surface area contributed by atoms with Crippen molar-refractivity contribution in [1.29, 1.82) is 0 Å². The van der Waals surface area contributed by atoms with Crippen LogP contribution in [0.1, 0.15) is 50.5 Å². The Morgan fingerprint density at radius 3 is 2.84 bits per heavy atom. The second-order valence-electron chi connectivity index (χ2n) is 11.0. The highest BCUT2D eigenvalue weighted by atomic mass is 32.2. The maximum absolute atomic E-state index is 13.1. The van der Waals surface area contributed by atoms with Crippen LogP contribution in [-0.4, -0.2) is 66.9 Å². The zero-order valence-electron chi connectivity index (χ0n) is 21.9. The molecule has 2 spiro atoms. The minimum atomic E-state index is -3.54. The molecule has 5 aliphatic rings. The summed E-state index contributed by atoms with van der Waals surface area (Å²) < 4.78 is 39.1. The highest BCUT2D eigenvalue weighted by molar-refractivity contribution is 7.88. The number of sulfonamides is 1. The lowest BCUT2D eigenvalue weighted by atomic mass is 9.65. The number of amides is 2. The van der Waals surface area contributed by atoms with E-state index in [4.69, 9.17) is 9.47 Å². The van der Waals surface area contributed by atoms with Crippen LogP contribution in [0.2, 0.25) is 0 Å². The zero-order valence-corrected chi connectivity index (χ0v) is 22.7. The van der Waals surface area contributed by atoms with Crippen molar-refractivity contribution in [2.75, 3.05) is 32.6 Å². The van der Waals surface area contributed by atoms with Gasteiger partial charge in [-0.25, -0.2) is 13.2 Å². The number of fused-ring (bicyclic) bond motifs is 1. The first-order chi connectivity index (χ1) is 18.3. The summed E-state index contributed by atoms with van der Waals surface area (Å²) >= 11 is 0. The van der Waals surface area contributed by atoms with Gasteiger partial charge >= 0.3 is 6.03 Å². The molecule has 0 radical (unpaired) electrons. The summed E-state index contributed by atoms with van der Waals surface area (Å²) in [5.74, 6) is 1.02. The van der Waals surface area contributed by atoms with E-state index in [1.165, 1.54) is 21.8 Å². The average Bonchev–Trinajstić information content (AvgIpc) is 3.40. The lowest BCUT2D eigenvalue weighted by molar-refractivity contribution is -0.0536. The molecule has 2 saturated heterocycles. The van der Waals surface area contributed by atoms with Gasteiger partial charge in [0.1, 0.15) is 12.5 Å². The molecule has 1 aliphatic carbocycles. The molecule has 4 heterocycles. The summed E-state index contributed by atoms with van der Waals surface area (Å²) in [7, 11) is -3.54. The van der Waals surface area contributed by atoms with Crippen molar-refractivity contribution in [3.8, 4) is 0 Å². The standard InChI is InChI=1S/C28H36N4O5S/c1-38(34,35)31(21-36-18-22-9-3-2-4-10-22)15-16-32-26(33)29-20-28(32)19-27-13-7-5-11-23(27)17-30-14-8-6-12-24(30)25(27)37-28/h2-4,8-10,14,17H,5-7,11-13,15-16,18-21H2,1H3,(H,29,33). The van der Waals surface area contributed by atoms with E-state index in [9.17, 15) is 13.2 Å². The van der Waals surface area contributed by atoms with Gasteiger partial charge in [-0.2, -0.15) is 4.31 Å². The number of benzene rings is 1. The topological polar surface area (TPSA) is 91.4 Å². The Hall–Kier alpha value is -2.82. The monoisotopic (exact) mass is 540 g/mol. The molecule has 0 bridgehead atoms. The van der Waals surface area contributed by atoms with E-state index in [0.717, 1.165) is 49.8 Å². The predicted octanol–water partition coefficient (Wildman–Crippen LogP) is 3.84. The van der Waals surface area contributed by atoms with Crippen molar-refractivity contribution in [3.05, 3.63) is 71.4 Å². The Kier molecular flexibility index (Phi) is 6.52. The van der Waals surface area contributed by atoms with Gasteiger partial charge in [-0.05, 0) is 43.2 Å². The summed E-state index contributed by atoms with van der Waals surface area (Å²) in [6.45, 7) is 0.961. The Morgan fingerprint density at radius 1 is 1.18 bits per heavy atom. The molecule has 204 valence electrons. The SMILES string of the molecule is CS(=O)(=O)N(CCN1C(=O)NCC12CC13CCCCC1=CN1C=CCCC1=C3O2)COCc1ccccc1. The third-order valence-electron chi connectivity index (χ3n) is 8.54. The van der Waals surface area contributed by atoms with E-state index in [2.05, 4.69) is 28.7 Å². The number of hydrogen-bond donors (Lipinski definition) is 1. The number of rotatable bonds is 8. The van der Waals surface area contributed by atoms with Crippen LogP contribution in [0.25, 0.3) is 0 Å². The Labute approximate surface area is 224 Å². The molecule has 2 atom stereocenters. The Morgan fingerprint density at radius 2 is 2.03 bits per heavy atom. The van der Waals surface area contributed by atoms with Crippen LogP contribution in [0.5, 0.6) is 0 Å². The molecule has 38 heavy (non-hydrogen) atoms. The second-order valence-corrected chi connectivity index (χ2v) is 13.0. The van der Waals surface area contributed by atoms with E-state index < -0.39 is 15.7 Å². The number of allylic oxidation sites excluding steroid dienone is 3. The quantitative estimate of drug-likeness (QED) is 0.504. The molecular formula is C28H36N4O5S. The van der Waals surface area contributed by atoms with Gasteiger partial charge in [-0.3, -0.25) is 4.90 Å². The van der Waals surface area contributed by atoms with E-state index in [0.29, 0.717) is 19.6 Å². The number of carbonyl (C=O) groups excluding carboxylic acids is 1. The largest absolute Gasteiger partial charge is 0.467 e. The molecule has 2 amide bonds. The maximum Gasteiger partial charge on any atom is 0.320 e. The van der Waals surface area contributed by atoms with Gasteiger partial charge in [0.15, 0.2) is 0 Å². The van der Waals surface area contributed by atoms with Crippen LogP contribution in [0.4, 0.5) is 4.79 Å². The molecule has 9 nitrogen and oxygen atoms in total. The van der Waals surface area contributed by atoms with Gasteiger partial charge in [0, 0.05) is 31.9 Å². The summed E-state index contributed by atoms with van der Waals surface area (Å²) in [4.78, 5) is 17.1. The molecule has 4 aliphatic heterocycles. The lowest BCUT2D eigenvalue weighted by Gasteiger charge is -2.42. The number of hydrogen-bond acceptors (Lipinski definition) is 6. The van der Waals surface area contributed by atoms with Crippen LogP contribution >= 0.6 is 0 Å². The maximum atomic E-state index is 13.1. The first kappa shape index (κ1) is 25.5. The minimum absolute atomic E-state index is 0.0789. The van der Waals surface area contributed by atoms with Crippen LogP contribution in [0, 0.1) is 5.41 Å². The molecule has 2 unspecified atom stereocenters. The van der Waals surface area contributed by atoms with Crippen LogP contribution in [0.15, 0.2) is 65.8 Å². The summed E-state index contributed by atoms with van der Waals surface area (Å²) in [6, 6.07) is 9.42. The fourth-order valence-electron chi connectivity index (χ4n) is 6.67. The van der Waals surface area contributed by atoms with Gasteiger partial charge in [-0.1, -0.05) is 42.8 Å². The summed E-state index contributed by atoms with van der Waals surface area (Å²) in [5, 5.41) is 3.00. The number of nitrogens with one attached hydrogen (secondary N) is 1. The van der Waals surface area contributed by atoms with E-state index in [1.54, 1.807) is 4.90 Å². The van der Waals surface area contributed by atoms with Crippen LogP contribution in [0.3, 0.4) is 0 Å². The van der Waals surface area contributed by atoms with Crippen molar-refractivity contribution < 1.29 is 22.7 Å². The van der Waals surface area contributed by atoms with E-state index in [-0.39, 0.29) is 31.3 Å². The molecule has 6 rings (SSSR count). The molecule has 1 saturated carbocycles. The second kappa shape index (κ2) is 9.73. The molecule has 1 aromatic rings. The molecule has 0 aromatic heterocycles. The third kappa shape index (κ3) is 4.42. The van der Waals surface area contributed by atoms with Crippen molar-refractivity contribution in [2.45, 2.75) is 57.3 Å². The van der Waals surface area contributed by atoms with Gasteiger partial charge < -0.3 is 19.7 Å². The zero-order chi connectivity index (χ0) is 26.4. The Balaban J connectivity index is 1.22.